The van der Waals surface area contributed by atoms with Crippen LogP contribution in [0.25, 0.3) is 6.08 Å². The van der Waals surface area contributed by atoms with Crippen molar-refractivity contribution in [3.63, 3.8) is 0 Å². The molecule has 0 aliphatic carbocycles. The van der Waals surface area contributed by atoms with Crippen molar-refractivity contribution >= 4 is 11.9 Å². The van der Waals surface area contributed by atoms with E-state index < -0.39 is 0 Å². The summed E-state index contributed by atoms with van der Waals surface area (Å²) in [6.45, 7) is 3.77. The highest BCUT2D eigenvalue weighted by Gasteiger charge is 2.14. The van der Waals surface area contributed by atoms with Gasteiger partial charge in [-0.3, -0.25) is 9.69 Å². The second-order valence-corrected chi connectivity index (χ2v) is 4.80. The molecule has 2 heterocycles. The number of fused-ring (bicyclic) bond motifs is 1. The van der Waals surface area contributed by atoms with Crippen LogP contribution in [0.5, 0.6) is 11.5 Å². The van der Waals surface area contributed by atoms with E-state index in [9.17, 15) is 4.79 Å². The van der Waals surface area contributed by atoms with E-state index >= 15 is 0 Å². The summed E-state index contributed by atoms with van der Waals surface area (Å²) in [5, 5.41) is 0. The summed E-state index contributed by atoms with van der Waals surface area (Å²) in [6.07, 6.45) is 3.43. The Morgan fingerprint density at radius 1 is 1.20 bits per heavy atom. The zero-order chi connectivity index (χ0) is 13.8. The van der Waals surface area contributed by atoms with Crippen molar-refractivity contribution in [2.24, 2.45) is 0 Å². The van der Waals surface area contributed by atoms with Crippen molar-refractivity contribution in [3.8, 4) is 11.5 Å². The highest BCUT2D eigenvalue weighted by atomic mass is 16.7. The van der Waals surface area contributed by atoms with Crippen LogP contribution in [0.2, 0.25) is 0 Å². The average Bonchev–Trinajstić information content (AvgIpc) is 2.93. The Kier molecular flexibility index (Phi) is 3.99. The van der Waals surface area contributed by atoms with Crippen LogP contribution < -0.4 is 9.47 Å². The van der Waals surface area contributed by atoms with E-state index in [0.717, 1.165) is 30.2 Å². The van der Waals surface area contributed by atoms with Crippen molar-refractivity contribution in [1.82, 2.24) is 4.90 Å². The van der Waals surface area contributed by atoms with Crippen LogP contribution in [-0.4, -0.2) is 50.3 Å². The lowest BCUT2D eigenvalue weighted by molar-refractivity contribution is -0.116. The second kappa shape index (κ2) is 6.07. The Labute approximate surface area is 117 Å². The van der Waals surface area contributed by atoms with Crippen LogP contribution in [-0.2, 0) is 9.53 Å². The van der Waals surface area contributed by atoms with E-state index in [-0.39, 0.29) is 12.6 Å². The smallest absolute Gasteiger partial charge is 0.231 e. The minimum Gasteiger partial charge on any atom is -0.454 e. The van der Waals surface area contributed by atoms with Gasteiger partial charge in [0.2, 0.25) is 6.79 Å². The zero-order valence-corrected chi connectivity index (χ0v) is 11.2. The first kappa shape index (κ1) is 13.1. The molecule has 3 rings (SSSR count). The molecule has 0 radical (unpaired) electrons. The number of rotatable bonds is 4. The van der Waals surface area contributed by atoms with Crippen molar-refractivity contribution < 1.29 is 19.0 Å². The van der Waals surface area contributed by atoms with E-state index in [1.807, 2.05) is 24.3 Å². The molecule has 20 heavy (non-hydrogen) atoms. The first-order chi connectivity index (χ1) is 9.81. The fourth-order valence-corrected chi connectivity index (χ4v) is 2.24. The van der Waals surface area contributed by atoms with Gasteiger partial charge in [-0.25, -0.2) is 0 Å². The number of hydrogen-bond acceptors (Lipinski definition) is 5. The summed E-state index contributed by atoms with van der Waals surface area (Å²) in [4.78, 5) is 14.0. The largest absolute Gasteiger partial charge is 0.454 e. The SMILES string of the molecule is O=C(/C=C/c1ccc2c(c1)OCO2)CN1CCOCC1. The van der Waals surface area contributed by atoms with Crippen LogP contribution in [0.15, 0.2) is 24.3 Å². The van der Waals surface area contributed by atoms with Gasteiger partial charge >= 0.3 is 0 Å². The molecule has 0 N–H and O–H groups in total. The predicted molar refractivity (Wildman–Crippen MR) is 73.9 cm³/mol. The van der Waals surface area contributed by atoms with Crippen LogP contribution in [0.4, 0.5) is 0 Å². The summed E-state index contributed by atoms with van der Waals surface area (Å²) >= 11 is 0. The Balaban J connectivity index is 1.57. The van der Waals surface area contributed by atoms with E-state index in [1.54, 1.807) is 6.08 Å². The van der Waals surface area contributed by atoms with Gasteiger partial charge in [-0.2, -0.15) is 0 Å². The van der Waals surface area contributed by atoms with Crippen LogP contribution in [0.1, 0.15) is 5.56 Å². The maximum Gasteiger partial charge on any atom is 0.231 e. The number of benzene rings is 1. The van der Waals surface area contributed by atoms with E-state index in [0.29, 0.717) is 19.8 Å². The first-order valence-electron chi connectivity index (χ1n) is 6.72. The molecule has 0 aromatic heterocycles. The van der Waals surface area contributed by atoms with Gasteiger partial charge in [0.25, 0.3) is 0 Å². The molecule has 0 amide bonds. The molecular formula is C15H17NO4. The number of carbonyl (C=O) groups excluding carboxylic acids is 1. The minimum atomic E-state index is 0.101. The fourth-order valence-electron chi connectivity index (χ4n) is 2.24. The Hall–Kier alpha value is -1.85. The topological polar surface area (TPSA) is 48.0 Å². The number of morpholine rings is 1. The highest BCUT2D eigenvalue weighted by molar-refractivity contribution is 5.95. The van der Waals surface area contributed by atoms with E-state index in [2.05, 4.69) is 4.90 Å². The molecule has 1 aromatic carbocycles. The summed E-state index contributed by atoms with van der Waals surface area (Å²) in [7, 11) is 0. The summed E-state index contributed by atoms with van der Waals surface area (Å²) in [5.74, 6) is 1.58. The summed E-state index contributed by atoms with van der Waals surface area (Å²) in [6, 6.07) is 5.64. The molecule has 5 nitrogen and oxygen atoms in total. The molecule has 106 valence electrons. The Morgan fingerprint density at radius 2 is 2.00 bits per heavy atom. The lowest BCUT2D eigenvalue weighted by Gasteiger charge is -2.25. The molecule has 5 heteroatoms. The third-order valence-corrected chi connectivity index (χ3v) is 3.34. The number of ether oxygens (including phenoxy) is 3. The van der Waals surface area contributed by atoms with Crippen LogP contribution >= 0.6 is 0 Å². The predicted octanol–water partition coefficient (Wildman–Crippen LogP) is 1.33. The molecule has 1 aromatic rings. The number of ketones is 1. The third-order valence-electron chi connectivity index (χ3n) is 3.34. The van der Waals surface area contributed by atoms with Gasteiger partial charge in [-0.1, -0.05) is 12.1 Å². The maximum atomic E-state index is 11.9. The van der Waals surface area contributed by atoms with Crippen molar-refractivity contribution in [2.75, 3.05) is 39.6 Å². The lowest BCUT2D eigenvalue weighted by atomic mass is 10.1. The van der Waals surface area contributed by atoms with Crippen LogP contribution in [0.3, 0.4) is 0 Å². The van der Waals surface area contributed by atoms with E-state index in [1.165, 1.54) is 0 Å². The summed E-state index contributed by atoms with van der Waals surface area (Å²) in [5.41, 5.74) is 0.935. The lowest BCUT2D eigenvalue weighted by Crippen LogP contribution is -2.39. The number of nitrogens with zero attached hydrogens (tertiary/aromatic N) is 1. The van der Waals surface area contributed by atoms with Gasteiger partial charge in [0, 0.05) is 13.1 Å². The summed E-state index contributed by atoms with van der Waals surface area (Å²) < 4.78 is 15.8. The molecule has 0 spiro atoms. The van der Waals surface area contributed by atoms with E-state index in [4.69, 9.17) is 14.2 Å². The van der Waals surface area contributed by atoms with Gasteiger partial charge in [0.05, 0.1) is 19.8 Å². The fraction of sp³-hybridized carbons (Fsp3) is 0.400. The standard InChI is InChI=1S/C15H17NO4/c17-13(10-16-5-7-18-8-6-16)3-1-12-2-4-14-15(9-12)20-11-19-14/h1-4,9H,5-8,10-11H2/b3-1+. The molecule has 0 saturated carbocycles. The Morgan fingerprint density at radius 3 is 2.85 bits per heavy atom. The van der Waals surface area contributed by atoms with Crippen LogP contribution in [0, 0.1) is 0 Å². The maximum absolute atomic E-state index is 11.9. The molecule has 2 aliphatic rings. The quantitative estimate of drug-likeness (QED) is 0.776. The molecule has 0 unspecified atom stereocenters. The minimum absolute atomic E-state index is 0.101. The first-order valence-corrected chi connectivity index (χ1v) is 6.72. The molecule has 0 atom stereocenters. The van der Waals surface area contributed by atoms with Gasteiger partial charge < -0.3 is 14.2 Å². The average molecular weight is 275 g/mol. The normalized spacial score (nSPS) is 18.6. The number of carbonyl (C=O) groups is 1. The molecular weight excluding hydrogens is 258 g/mol. The molecule has 1 saturated heterocycles. The van der Waals surface area contributed by atoms with Gasteiger partial charge in [-0.15, -0.1) is 0 Å². The Bertz CT molecular complexity index is 521. The third kappa shape index (κ3) is 3.18. The van der Waals surface area contributed by atoms with Gasteiger partial charge in [0.1, 0.15) is 0 Å². The van der Waals surface area contributed by atoms with Gasteiger partial charge in [0.15, 0.2) is 17.3 Å². The monoisotopic (exact) mass is 275 g/mol. The van der Waals surface area contributed by atoms with Crippen molar-refractivity contribution in [1.29, 1.82) is 0 Å². The van der Waals surface area contributed by atoms with Crippen molar-refractivity contribution in [2.45, 2.75) is 0 Å². The molecule has 1 fully saturated rings. The van der Waals surface area contributed by atoms with Gasteiger partial charge in [-0.05, 0) is 23.8 Å². The molecule has 0 bridgehead atoms. The second-order valence-electron chi connectivity index (χ2n) is 4.80. The highest BCUT2D eigenvalue weighted by Crippen LogP contribution is 2.32. The molecule has 2 aliphatic heterocycles. The zero-order valence-electron chi connectivity index (χ0n) is 11.2. The van der Waals surface area contributed by atoms with Crippen molar-refractivity contribution in [3.05, 3.63) is 29.8 Å². The number of hydrogen-bond donors (Lipinski definition) is 0.